The van der Waals surface area contributed by atoms with Gasteiger partial charge in [-0.1, -0.05) is 80.0 Å². The number of nitrogens with two attached hydrogens (primary N) is 1. The van der Waals surface area contributed by atoms with E-state index in [2.05, 4.69) is 62.3 Å². The van der Waals surface area contributed by atoms with Crippen LogP contribution in [-0.4, -0.2) is 64.9 Å². The second-order valence-corrected chi connectivity index (χ2v) is 42.2. The Kier molecular flexibility index (Phi) is 25.0. The van der Waals surface area contributed by atoms with Crippen molar-refractivity contribution in [3.63, 3.8) is 0 Å². The Morgan fingerprint density at radius 1 is 0.475 bits per heavy atom. The molecule has 0 spiro atoms. The third kappa shape index (κ3) is 14.5. The van der Waals surface area contributed by atoms with Gasteiger partial charge in [0.05, 0.1) is 16.6 Å². The molecule has 16 aliphatic carbocycles. The Labute approximate surface area is 641 Å². The van der Waals surface area contributed by atoms with Crippen molar-refractivity contribution in [1.82, 2.24) is 6.15 Å². The number of alkyl halides is 1. The molecule has 17 rings (SSSR count). The first-order chi connectivity index (χ1) is 46.6. The molecule has 0 aromatic heterocycles. The van der Waals surface area contributed by atoms with Crippen LogP contribution in [0.4, 0.5) is 0 Å². The number of ketones is 4. The van der Waals surface area contributed by atoms with Crippen molar-refractivity contribution >= 4 is 54.5 Å². The summed E-state index contributed by atoms with van der Waals surface area (Å²) in [6.07, 6.45) is 41.9. The zero-order valence-electron chi connectivity index (χ0n) is 64.4. The van der Waals surface area contributed by atoms with Crippen LogP contribution in [0.15, 0.2) is 29.2 Å². The SMILES string of the molecule is C[C@H]1CC[C@]2(C)[C@H]3CC[C@]4(C)C(=O)CC[C@H]4[C@@H]3CC[C@@]2(O)C1.C[C@]12CC[C@@H](Cl)C[C@@H]1CC[C@@H]1[C@@H]2CC[C@]2(C)C(=O)CC[C@@H]12.C[C@]12CC[C@@H](N)C[C@@H]1CC[C@@H]1[C@@H]2CC[C@]2(C)C(=O)CC[C@@H]12.C[C@]12CC[C@H](O)C[C@@H]1CC[C@@H]1[C@@H]2CC[C@]2(C)C(=O)CC[C@@H]12.Cc1ccc(S(=O)(=O)Cl)cc1.N.[N-]=[N+]=[N-].[Na+]. The molecule has 16 aliphatic rings. The van der Waals surface area contributed by atoms with Crippen molar-refractivity contribution in [3.05, 3.63) is 45.8 Å². The third-order valence-electron chi connectivity index (χ3n) is 35.1. The van der Waals surface area contributed by atoms with Gasteiger partial charge in [-0.25, -0.2) is 8.42 Å². The van der Waals surface area contributed by atoms with Crippen molar-refractivity contribution < 1.29 is 67.4 Å². The number of benzene rings is 1. The van der Waals surface area contributed by atoms with Crippen LogP contribution >= 0.6 is 22.3 Å². The number of aliphatic hydroxyl groups excluding tert-OH is 1. The molecule has 17 heteroatoms. The molecule has 0 unspecified atom stereocenters. The molecule has 0 radical (unpaired) electrons. The molecule has 0 heterocycles. The average molecular weight is 1470 g/mol. The van der Waals surface area contributed by atoms with Gasteiger partial charge in [0.25, 0.3) is 9.05 Å². The maximum atomic E-state index is 12.4. The zero-order valence-corrected chi connectivity index (χ0v) is 68.7. The maximum absolute atomic E-state index is 12.4. The van der Waals surface area contributed by atoms with Crippen LogP contribution < -0.4 is 41.4 Å². The van der Waals surface area contributed by atoms with Crippen molar-refractivity contribution in [2.45, 2.75) is 328 Å². The fourth-order valence-electron chi connectivity index (χ4n) is 29.0. The van der Waals surface area contributed by atoms with Gasteiger partial charge in [0.1, 0.15) is 23.1 Å². The molecular weight excluding hydrogens is 1330 g/mol. The molecule has 0 aliphatic heterocycles. The molecule has 7 N–H and O–H groups in total. The summed E-state index contributed by atoms with van der Waals surface area (Å²) in [5, 5.41) is 21.9. The summed E-state index contributed by atoms with van der Waals surface area (Å²) in [6.45, 7) is 23.3. The van der Waals surface area contributed by atoms with Gasteiger partial charge in [-0.15, -0.1) is 11.6 Å². The molecule has 13 nitrogen and oxygen atoms in total. The number of halogens is 2. The molecule has 0 amide bonds. The Bertz CT molecular complexity index is 3120. The number of hydrogen-bond acceptors (Lipinski definition) is 10. The van der Waals surface area contributed by atoms with E-state index >= 15 is 0 Å². The van der Waals surface area contributed by atoms with Crippen LogP contribution in [0.5, 0.6) is 0 Å². The number of fused-ring (bicyclic) bond motifs is 20. The molecule has 1 aromatic carbocycles. The number of carbonyl (C=O) groups excluding carboxylic acids is 4. The van der Waals surface area contributed by atoms with E-state index in [-0.39, 0.29) is 73.8 Å². The summed E-state index contributed by atoms with van der Waals surface area (Å²) >= 11 is 6.46. The van der Waals surface area contributed by atoms with Gasteiger partial charge in [0.2, 0.25) is 0 Å². The van der Waals surface area contributed by atoms with E-state index in [0.29, 0.717) is 92.2 Å². The van der Waals surface area contributed by atoms with E-state index in [4.69, 9.17) is 39.1 Å². The van der Waals surface area contributed by atoms with Gasteiger partial charge in [-0.05, 0) is 341 Å². The van der Waals surface area contributed by atoms with E-state index in [9.17, 15) is 37.8 Å². The summed E-state index contributed by atoms with van der Waals surface area (Å²) in [6, 6.07) is 6.82. The number of aliphatic hydroxyl groups is 2. The number of rotatable bonds is 1. The summed E-state index contributed by atoms with van der Waals surface area (Å²) < 4.78 is 21.4. The molecule has 16 fully saturated rings. The van der Waals surface area contributed by atoms with E-state index in [0.717, 1.165) is 162 Å². The summed E-state index contributed by atoms with van der Waals surface area (Å²) in [5.41, 5.74) is 21.9. The second-order valence-electron chi connectivity index (χ2n) is 39.0. The second kappa shape index (κ2) is 30.8. The van der Waals surface area contributed by atoms with Gasteiger partial charge >= 0.3 is 29.6 Å². The molecule has 28 atom stereocenters. The molecule has 101 heavy (non-hydrogen) atoms. The van der Waals surface area contributed by atoms with Crippen molar-refractivity contribution in [3.8, 4) is 0 Å². The molecule has 16 saturated carbocycles. The Morgan fingerprint density at radius 2 is 0.842 bits per heavy atom. The van der Waals surface area contributed by atoms with Crippen LogP contribution in [0.25, 0.3) is 16.0 Å². The van der Waals surface area contributed by atoms with Crippen LogP contribution in [0, 0.1) is 145 Å². The normalized spacial score (nSPS) is 49.2. The smallest absolute Gasteiger partial charge is 0.393 e. The predicted molar refractivity (Wildman–Crippen MR) is 400 cm³/mol. The van der Waals surface area contributed by atoms with Crippen molar-refractivity contribution in [2.24, 2.45) is 144 Å². The van der Waals surface area contributed by atoms with Crippen LogP contribution in [0.1, 0.15) is 299 Å². The molecule has 562 valence electrons. The largest absolute Gasteiger partial charge is 1.00 e. The molecule has 0 bridgehead atoms. The zero-order chi connectivity index (χ0) is 71.4. The number of hydrogen-bond donors (Lipinski definition) is 4. The third-order valence-corrected chi connectivity index (χ3v) is 36.9. The van der Waals surface area contributed by atoms with Crippen molar-refractivity contribution in [1.29, 1.82) is 0 Å². The minimum atomic E-state index is -3.55. The van der Waals surface area contributed by atoms with Crippen LogP contribution in [0.2, 0.25) is 0 Å². The Balaban J connectivity index is 0.000000136. The minimum Gasteiger partial charge on any atom is -0.393 e. The standard InChI is InChI=1S/C20H32O2.C19H29ClO.C19H31NO.C19H30O2.C7H7ClO2S.N3.H3N.Na/c1-13-6-10-19(3)16-8-9-18(2)15(4-5-17(18)21)14(16)7-11-20(19,22)12-13;3*1-18-9-7-13(20)11-12(18)3-4-14-15-5-6-17(21)19(15,2)10-8-16(14)18;1-6-2-4-7(5-3-6)11(8,9)10;1-3-2;;/h13-16,22H,4-12H2,1-3H3;12-16H,3-11H2,1-2H3;12-16H,3-11,20H2,1-2H3;12-16,20H,3-11H2,1-2H3;2-5H,1H3;;1H3;/q;;;;;-1;;+1/t13-,14-,15-,16-,18-,19+,20+;2*12-,13+,14-,15-,16-,18-,19-;12-,13-,14-,15-,16-,18-,19-;;;;/m0000..../s1. The number of carbonyl (C=O) groups is 4. The van der Waals surface area contributed by atoms with E-state index in [1.807, 2.05) is 6.92 Å². The quantitative estimate of drug-likeness (QED) is 0.0516. The fraction of sp³-hybridized carbons (Fsp3) is 0.881. The van der Waals surface area contributed by atoms with Gasteiger partial charge < -0.3 is 33.2 Å². The first kappa shape index (κ1) is 82.1. The first-order valence-electron chi connectivity index (χ1n) is 40.5. The van der Waals surface area contributed by atoms with Crippen LogP contribution in [-0.2, 0) is 28.2 Å². The van der Waals surface area contributed by atoms with Crippen LogP contribution in [0.3, 0.4) is 0 Å². The predicted octanol–water partition coefficient (Wildman–Crippen LogP) is 17.4. The van der Waals surface area contributed by atoms with Crippen molar-refractivity contribution in [2.75, 3.05) is 0 Å². The van der Waals surface area contributed by atoms with Gasteiger partial charge in [0.15, 0.2) is 0 Å². The van der Waals surface area contributed by atoms with Gasteiger partial charge in [-0.2, -0.15) is 0 Å². The average Bonchev–Trinajstić information content (AvgIpc) is 1.73. The summed E-state index contributed by atoms with van der Waals surface area (Å²) in [7, 11) is 1.54. The summed E-state index contributed by atoms with van der Waals surface area (Å²) in [5.74, 6) is 14.3. The van der Waals surface area contributed by atoms with E-state index < -0.39 is 14.7 Å². The van der Waals surface area contributed by atoms with Gasteiger partial charge in [-0.3, -0.25) is 24.1 Å². The molecule has 0 saturated heterocycles. The topological polar surface area (TPSA) is 263 Å². The molecular formula is C84H132Cl2N5NaO8S. The summed E-state index contributed by atoms with van der Waals surface area (Å²) in [4.78, 5) is 51.2. The Morgan fingerprint density at radius 3 is 1.26 bits per heavy atom. The fourth-order valence-corrected chi connectivity index (χ4v) is 30.1. The minimum absolute atomic E-state index is 0. The Hall–Kier alpha value is -1.42. The van der Waals surface area contributed by atoms with Gasteiger partial charge in [0, 0.05) is 69.4 Å². The molecule has 1 aromatic rings. The number of nitrogens with zero attached hydrogens (tertiary/aromatic N) is 3. The number of aryl methyl sites for hydroxylation is 1. The van der Waals surface area contributed by atoms with E-state index in [1.165, 1.54) is 145 Å². The number of Topliss-reactive ketones (excluding diaryl/α,β-unsaturated/α-hetero) is 4. The van der Waals surface area contributed by atoms with E-state index in [1.54, 1.807) is 12.1 Å². The monoisotopic (exact) mass is 1460 g/mol. The first-order valence-corrected chi connectivity index (χ1v) is 43.2. The maximum Gasteiger partial charge on any atom is 1.00 e.